The van der Waals surface area contributed by atoms with E-state index in [4.69, 9.17) is 5.11 Å². The number of aliphatic carboxylic acids is 1. The van der Waals surface area contributed by atoms with Gasteiger partial charge >= 0.3 is 5.97 Å². The molecule has 0 radical (unpaired) electrons. The summed E-state index contributed by atoms with van der Waals surface area (Å²) in [5, 5.41) is 11.9. The van der Waals surface area contributed by atoms with E-state index in [1.54, 1.807) is 0 Å². The van der Waals surface area contributed by atoms with E-state index in [1.807, 2.05) is 0 Å². The molecular formula is C13H17NO2. The lowest BCUT2D eigenvalue weighted by molar-refractivity contribution is -0.136. The molecule has 1 aliphatic carbocycles. The van der Waals surface area contributed by atoms with Crippen LogP contribution >= 0.6 is 0 Å². The minimum atomic E-state index is -0.741. The maximum Gasteiger partial charge on any atom is 0.304 e. The number of carboxylic acid groups (broad SMARTS) is 1. The first-order valence-corrected chi connectivity index (χ1v) is 5.71. The molecule has 1 aliphatic rings. The van der Waals surface area contributed by atoms with Crippen LogP contribution in [0.4, 0.5) is 0 Å². The zero-order valence-corrected chi connectivity index (χ0v) is 9.49. The predicted octanol–water partition coefficient (Wildman–Crippen LogP) is 2.05. The number of hydrogen-bond donors (Lipinski definition) is 2. The van der Waals surface area contributed by atoms with Gasteiger partial charge in [-0.2, -0.15) is 0 Å². The molecule has 2 N–H and O–H groups in total. The lowest BCUT2D eigenvalue weighted by Gasteiger charge is -2.13. The second-order valence-corrected chi connectivity index (χ2v) is 4.39. The molecule has 1 aromatic carbocycles. The minimum Gasteiger partial charge on any atom is -0.481 e. The van der Waals surface area contributed by atoms with Crippen molar-refractivity contribution in [1.82, 2.24) is 5.32 Å². The standard InChI is InChI=1S/C13H17NO2/c1-9-2-3-10-4-5-12(11(10)8-9)14-7-6-13(15)16/h2-3,8,12,14H,4-7H2,1H3,(H,15,16). The molecule has 3 nitrogen and oxygen atoms in total. The van der Waals surface area contributed by atoms with E-state index in [1.165, 1.54) is 16.7 Å². The van der Waals surface area contributed by atoms with Crippen LogP contribution < -0.4 is 5.32 Å². The summed E-state index contributed by atoms with van der Waals surface area (Å²) in [5.41, 5.74) is 4.02. The van der Waals surface area contributed by atoms with Gasteiger partial charge in [0.05, 0.1) is 6.42 Å². The highest BCUT2D eigenvalue weighted by Crippen LogP contribution is 2.31. The molecule has 0 saturated carbocycles. The number of aryl methyl sites for hydroxylation is 2. The van der Waals surface area contributed by atoms with Gasteiger partial charge in [0.15, 0.2) is 0 Å². The molecule has 1 aromatic rings. The number of carboxylic acids is 1. The van der Waals surface area contributed by atoms with Crippen LogP contribution in [0.2, 0.25) is 0 Å². The van der Waals surface area contributed by atoms with Crippen LogP contribution in [0.1, 0.15) is 35.6 Å². The summed E-state index contributed by atoms with van der Waals surface area (Å²) >= 11 is 0. The molecule has 0 fully saturated rings. The Bertz CT molecular complexity index is 401. The van der Waals surface area contributed by atoms with E-state index in [-0.39, 0.29) is 6.42 Å². The summed E-state index contributed by atoms with van der Waals surface area (Å²) in [5.74, 6) is -0.741. The first-order valence-electron chi connectivity index (χ1n) is 5.71. The summed E-state index contributed by atoms with van der Waals surface area (Å²) < 4.78 is 0. The van der Waals surface area contributed by atoms with Crippen LogP contribution in [-0.4, -0.2) is 17.6 Å². The Morgan fingerprint density at radius 3 is 3.12 bits per heavy atom. The van der Waals surface area contributed by atoms with E-state index in [0.29, 0.717) is 12.6 Å². The summed E-state index contributed by atoms with van der Waals surface area (Å²) in [6.45, 7) is 2.64. The number of fused-ring (bicyclic) bond motifs is 1. The quantitative estimate of drug-likeness (QED) is 0.814. The number of nitrogens with one attached hydrogen (secondary N) is 1. The van der Waals surface area contributed by atoms with Gasteiger partial charge in [-0.15, -0.1) is 0 Å². The lowest BCUT2D eigenvalue weighted by atomic mass is 10.1. The van der Waals surface area contributed by atoms with Gasteiger partial charge in [0.1, 0.15) is 0 Å². The summed E-state index contributed by atoms with van der Waals surface area (Å²) in [6.07, 6.45) is 2.37. The second kappa shape index (κ2) is 4.66. The maximum atomic E-state index is 10.4. The van der Waals surface area contributed by atoms with Crippen molar-refractivity contribution >= 4 is 5.97 Å². The molecule has 86 valence electrons. The van der Waals surface area contributed by atoms with Gasteiger partial charge in [0.2, 0.25) is 0 Å². The fraction of sp³-hybridized carbons (Fsp3) is 0.462. The maximum absolute atomic E-state index is 10.4. The zero-order chi connectivity index (χ0) is 11.5. The molecule has 0 heterocycles. The highest BCUT2D eigenvalue weighted by atomic mass is 16.4. The van der Waals surface area contributed by atoms with Gasteiger partial charge in [0.25, 0.3) is 0 Å². The average molecular weight is 219 g/mol. The van der Waals surface area contributed by atoms with Crippen molar-refractivity contribution in [2.24, 2.45) is 0 Å². The summed E-state index contributed by atoms with van der Waals surface area (Å²) in [6, 6.07) is 6.87. The topological polar surface area (TPSA) is 49.3 Å². The number of rotatable bonds is 4. The average Bonchev–Trinajstić information content (AvgIpc) is 2.60. The van der Waals surface area contributed by atoms with Crippen molar-refractivity contribution < 1.29 is 9.90 Å². The molecule has 16 heavy (non-hydrogen) atoms. The van der Waals surface area contributed by atoms with E-state index in [9.17, 15) is 4.79 Å². The highest BCUT2D eigenvalue weighted by Gasteiger charge is 2.21. The third-order valence-electron chi connectivity index (χ3n) is 3.11. The van der Waals surface area contributed by atoms with Crippen molar-refractivity contribution in [3.05, 3.63) is 34.9 Å². The van der Waals surface area contributed by atoms with Gasteiger partial charge in [-0.05, 0) is 30.9 Å². The molecule has 0 saturated heterocycles. The van der Waals surface area contributed by atoms with Crippen LogP contribution in [0, 0.1) is 6.92 Å². The molecule has 0 aliphatic heterocycles. The van der Waals surface area contributed by atoms with Crippen molar-refractivity contribution in [3.8, 4) is 0 Å². The van der Waals surface area contributed by atoms with Gasteiger partial charge in [-0.25, -0.2) is 0 Å². The molecule has 0 bridgehead atoms. The monoisotopic (exact) mass is 219 g/mol. The molecular weight excluding hydrogens is 202 g/mol. The van der Waals surface area contributed by atoms with E-state index < -0.39 is 5.97 Å². The van der Waals surface area contributed by atoms with Gasteiger partial charge in [-0.3, -0.25) is 4.79 Å². The van der Waals surface area contributed by atoms with Crippen molar-refractivity contribution in [2.45, 2.75) is 32.2 Å². The molecule has 1 unspecified atom stereocenters. The van der Waals surface area contributed by atoms with Crippen LogP contribution in [0.5, 0.6) is 0 Å². The van der Waals surface area contributed by atoms with E-state index in [2.05, 4.69) is 30.4 Å². The number of carbonyl (C=O) groups is 1. The first kappa shape index (κ1) is 11.1. The number of hydrogen-bond acceptors (Lipinski definition) is 2. The molecule has 3 heteroatoms. The van der Waals surface area contributed by atoms with Gasteiger partial charge < -0.3 is 10.4 Å². The Kier molecular flexibility index (Phi) is 3.25. The molecule has 0 spiro atoms. The number of benzene rings is 1. The lowest BCUT2D eigenvalue weighted by Crippen LogP contribution is -2.22. The predicted molar refractivity (Wildman–Crippen MR) is 62.5 cm³/mol. The van der Waals surface area contributed by atoms with Gasteiger partial charge in [-0.1, -0.05) is 23.8 Å². The minimum absolute atomic E-state index is 0.192. The molecule has 1 atom stereocenters. The van der Waals surface area contributed by atoms with E-state index in [0.717, 1.165) is 12.8 Å². The van der Waals surface area contributed by atoms with E-state index >= 15 is 0 Å². The van der Waals surface area contributed by atoms with Crippen LogP contribution in [0.3, 0.4) is 0 Å². The van der Waals surface area contributed by atoms with Crippen LogP contribution in [0.15, 0.2) is 18.2 Å². The molecule has 0 aromatic heterocycles. The smallest absolute Gasteiger partial charge is 0.304 e. The third-order valence-corrected chi connectivity index (χ3v) is 3.11. The first-order chi connectivity index (χ1) is 7.66. The Labute approximate surface area is 95.5 Å². The van der Waals surface area contributed by atoms with Crippen LogP contribution in [-0.2, 0) is 11.2 Å². The van der Waals surface area contributed by atoms with Crippen molar-refractivity contribution in [1.29, 1.82) is 0 Å². The normalized spacial score (nSPS) is 18.4. The Hall–Kier alpha value is -1.35. The van der Waals surface area contributed by atoms with Crippen molar-refractivity contribution in [2.75, 3.05) is 6.54 Å². The van der Waals surface area contributed by atoms with Gasteiger partial charge in [0, 0.05) is 12.6 Å². The largest absolute Gasteiger partial charge is 0.481 e. The third kappa shape index (κ3) is 2.42. The fourth-order valence-electron chi connectivity index (χ4n) is 2.29. The SMILES string of the molecule is Cc1ccc2c(c1)C(NCCC(=O)O)CC2. The highest BCUT2D eigenvalue weighted by molar-refractivity contribution is 5.66. The Morgan fingerprint density at radius 1 is 1.56 bits per heavy atom. The second-order valence-electron chi connectivity index (χ2n) is 4.39. The zero-order valence-electron chi connectivity index (χ0n) is 9.49. The Morgan fingerprint density at radius 2 is 2.38 bits per heavy atom. The summed E-state index contributed by atoms with van der Waals surface area (Å²) in [4.78, 5) is 10.4. The fourth-order valence-corrected chi connectivity index (χ4v) is 2.29. The molecule has 2 rings (SSSR count). The summed E-state index contributed by atoms with van der Waals surface area (Å²) in [7, 11) is 0. The van der Waals surface area contributed by atoms with Crippen LogP contribution in [0.25, 0.3) is 0 Å². The Balaban J connectivity index is 2.00. The molecule has 0 amide bonds. The van der Waals surface area contributed by atoms with Crippen molar-refractivity contribution in [3.63, 3.8) is 0 Å².